The van der Waals surface area contributed by atoms with Gasteiger partial charge in [-0.15, -0.1) is 6.58 Å². The second-order valence-corrected chi connectivity index (χ2v) is 7.08. The van der Waals surface area contributed by atoms with Crippen molar-refractivity contribution in [3.05, 3.63) is 12.2 Å². The Balaban J connectivity index is 0. The molecule has 0 amide bonds. The van der Waals surface area contributed by atoms with Crippen LogP contribution in [0.25, 0.3) is 0 Å². The molecule has 2 aliphatic heterocycles. The van der Waals surface area contributed by atoms with E-state index < -0.39 is 0 Å². The van der Waals surface area contributed by atoms with Gasteiger partial charge in [0.25, 0.3) is 0 Å². The Hall–Kier alpha value is -0.420. The molecular weight excluding hydrogens is 280 g/mol. The Morgan fingerprint density at radius 3 is 1.86 bits per heavy atom. The SMILES string of the molecule is C=C(C)C.CC(C)(C)OCC1CCCO1.OCC1CCCO1.[H+]. The molecule has 0 aromatic heterocycles. The summed E-state index contributed by atoms with van der Waals surface area (Å²) >= 11 is 0. The summed E-state index contributed by atoms with van der Waals surface area (Å²) in [7, 11) is 0. The van der Waals surface area contributed by atoms with E-state index in [0.717, 1.165) is 39.1 Å². The van der Waals surface area contributed by atoms with Gasteiger partial charge < -0.3 is 19.3 Å². The lowest BCUT2D eigenvalue weighted by molar-refractivity contribution is -0.0551. The van der Waals surface area contributed by atoms with Crippen molar-refractivity contribution in [2.24, 2.45) is 0 Å². The Labute approximate surface area is 138 Å². The molecule has 2 atom stereocenters. The number of allylic oxidation sites excluding steroid dienone is 1. The molecular formula is C18H37O4+. The minimum Gasteiger partial charge on any atom is -0.394 e. The highest BCUT2D eigenvalue weighted by Gasteiger charge is 2.19. The summed E-state index contributed by atoms with van der Waals surface area (Å²) in [5, 5.41) is 8.44. The zero-order valence-electron chi connectivity index (χ0n) is 16.2. The van der Waals surface area contributed by atoms with Gasteiger partial charge in [-0.1, -0.05) is 5.57 Å². The van der Waals surface area contributed by atoms with Gasteiger partial charge in [0.05, 0.1) is 31.0 Å². The first-order valence-corrected chi connectivity index (χ1v) is 8.34. The summed E-state index contributed by atoms with van der Waals surface area (Å²) < 4.78 is 16.1. The quantitative estimate of drug-likeness (QED) is 0.804. The molecule has 0 aromatic rings. The highest BCUT2D eigenvalue weighted by atomic mass is 16.5. The standard InChI is InChI=1S/C9H18O2.C5H10O2.C4H8/c1-9(2,3)11-7-8-5-4-6-10-8;6-4-5-2-1-3-7-5;1-4(2)3/h8H,4-7H2,1-3H3;5-6H,1-4H2;1H2,2-3H3/p+1. The second-order valence-electron chi connectivity index (χ2n) is 7.08. The molecule has 2 unspecified atom stereocenters. The van der Waals surface area contributed by atoms with Gasteiger partial charge in [0.15, 0.2) is 0 Å². The zero-order valence-corrected chi connectivity index (χ0v) is 15.2. The fraction of sp³-hybridized carbons (Fsp3) is 0.889. The van der Waals surface area contributed by atoms with Crippen LogP contribution in [0.2, 0.25) is 0 Å². The van der Waals surface area contributed by atoms with Gasteiger partial charge in [-0.05, 0) is 60.3 Å². The number of aliphatic hydroxyl groups is 1. The molecule has 2 saturated heterocycles. The predicted molar refractivity (Wildman–Crippen MR) is 92.3 cm³/mol. The normalized spacial score (nSPS) is 24.1. The Bertz CT molecular complexity index is 273. The van der Waals surface area contributed by atoms with E-state index in [-0.39, 0.29) is 19.7 Å². The molecule has 2 heterocycles. The molecule has 132 valence electrons. The van der Waals surface area contributed by atoms with E-state index in [4.69, 9.17) is 19.3 Å². The van der Waals surface area contributed by atoms with Crippen LogP contribution in [-0.2, 0) is 14.2 Å². The maximum absolute atomic E-state index is 8.44. The highest BCUT2D eigenvalue weighted by molar-refractivity contribution is 4.78. The number of aliphatic hydroxyl groups excluding tert-OH is 1. The van der Waals surface area contributed by atoms with Crippen LogP contribution in [0.1, 0.15) is 61.7 Å². The fourth-order valence-corrected chi connectivity index (χ4v) is 1.91. The average molecular weight is 317 g/mol. The molecule has 2 fully saturated rings. The van der Waals surface area contributed by atoms with Crippen LogP contribution >= 0.6 is 0 Å². The predicted octanol–water partition coefficient (Wildman–Crippen LogP) is 3.83. The smallest absolute Gasteiger partial charge is 0.394 e. The molecule has 0 spiro atoms. The summed E-state index contributed by atoms with van der Waals surface area (Å²) in [5.41, 5.74) is 1.14. The van der Waals surface area contributed by atoms with Crippen molar-refractivity contribution < 1.29 is 20.7 Å². The van der Waals surface area contributed by atoms with Gasteiger partial charge >= 0.3 is 1.43 Å². The molecule has 0 saturated carbocycles. The summed E-state index contributed by atoms with van der Waals surface area (Å²) in [5.74, 6) is 0. The van der Waals surface area contributed by atoms with Crippen molar-refractivity contribution in [3.63, 3.8) is 0 Å². The first-order chi connectivity index (χ1) is 10.2. The third kappa shape index (κ3) is 14.5. The maximum atomic E-state index is 8.44. The van der Waals surface area contributed by atoms with Gasteiger partial charge in [0.1, 0.15) is 0 Å². The van der Waals surface area contributed by atoms with Crippen LogP contribution in [0.4, 0.5) is 0 Å². The Morgan fingerprint density at radius 1 is 1.14 bits per heavy atom. The Kier molecular flexibility index (Phi) is 11.8. The minimum absolute atomic E-state index is 0. The summed E-state index contributed by atoms with van der Waals surface area (Å²) in [4.78, 5) is 0. The number of hydrogen-bond donors (Lipinski definition) is 1. The monoisotopic (exact) mass is 317 g/mol. The maximum Gasteiger partial charge on any atom is 1.00 e. The summed E-state index contributed by atoms with van der Waals surface area (Å²) in [6.07, 6.45) is 5.02. The molecule has 4 heteroatoms. The molecule has 1 N–H and O–H groups in total. The van der Waals surface area contributed by atoms with Crippen molar-refractivity contribution in [2.45, 2.75) is 78.1 Å². The van der Waals surface area contributed by atoms with Gasteiger partial charge in [-0.25, -0.2) is 0 Å². The third-order valence-electron chi connectivity index (χ3n) is 2.95. The van der Waals surface area contributed by atoms with Crippen LogP contribution < -0.4 is 0 Å². The van der Waals surface area contributed by atoms with E-state index in [1.807, 2.05) is 13.8 Å². The van der Waals surface area contributed by atoms with Crippen LogP contribution in [0.15, 0.2) is 12.2 Å². The minimum atomic E-state index is -0.0219. The van der Waals surface area contributed by atoms with Crippen molar-refractivity contribution in [1.29, 1.82) is 0 Å². The van der Waals surface area contributed by atoms with Gasteiger partial charge in [-0.3, -0.25) is 0 Å². The summed E-state index contributed by atoms with van der Waals surface area (Å²) in [6, 6.07) is 0. The van der Waals surface area contributed by atoms with Crippen molar-refractivity contribution in [3.8, 4) is 0 Å². The highest BCUT2D eigenvalue weighted by Crippen LogP contribution is 2.15. The van der Waals surface area contributed by atoms with Gasteiger partial charge in [0, 0.05) is 13.2 Å². The lowest BCUT2D eigenvalue weighted by Gasteiger charge is -2.21. The molecule has 22 heavy (non-hydrogen) atoms. The molecule has 0 aromatic carbocycles. The van der Waals surface area contributed by atoms with E-state index >= 15 is 0 Å². The number of hydrogen-bond acceptors (Lipinski definition) is 4. The lowest BCUT2D eigenvalue weighted by atomic mass is 10.2. The molecule has 0 radical (unpaired) electrons. The molecule has 2 aliphatic rings. The largest absolute Gasteiger partial charge is 1.00 e. The zero-order chi connectivity index (χ0) is 17.0. The fourth-order valence-electron chi connectivity index (χ4n) is 1.91. The van der Waals surface area contributed by atoms with E-state index in [1.54, 1.807) is 0 Å². The van der Waals surface area contributed by atoms with Crippen LogP contribution in [0, 0.1) is 0 Å². The summed E-state index contributed by atoms with van der Waals surface area (Å²) in [6.45, 7) is 16.4. The topological polar surface area (TPSA) is 47.9 Å². The van der Waals surface area contributed by atoms with E-state index in [2.05, 4.69) is 27.4 Å². The number of ether oxygens (including phenoxy) is 3. The van der Waals surface area contributed by atoms with Crippen molar-refractivity contribution in [1.82, 2.24) is 0 Å². The average Bonchev–Trinajstić information content (AvgIpc) is 3.09. The second kappa shape index (κ2) is 12.1. The van der Waals surface area contributed by atoms with E-state index in [0.29, 0.717) is 6.10 Å². The number of rotatable bonds is 3. The van der Waals surface area contributed by atoms with E-state index in [9.17, 15) is 0 Å². The first-order valence-electron chi connectivity index (χ1n) is 8.34. The molecule has 2 rings (SSSR count). The molecule has 0 aliphatic carbocycles. The van der Waals surface area contributed by atoms with Crippen LogP contribution in [-0.4, -0.2) is 49.3 Å². The third-order valence-corrected chi connectivity index (χ3v) is 2.95. The van der Waals surface area contributed by atoms with Gasteiger partial charge in [-0.2, -0.15) is 0 Å². The first kappa shape index (κ1) is 21.6. The van der Waals surface area contributed by atoms with E-state index in [1.165, 1.54) is 12.0 Å². The molecule has 4 nitrogen and oxygen atoms in total. The Morgan fingerprint density at radius 2 is 1.59 bits per heavy atom. The van der Waals surface area contributed by atoms with Crippen molar-refractivity contribution >= 4 is 0 Å². The van der Waals surface area contributed by atoms with Crippen LogP contribution in [0.5, 0.6) is 0 Å². The van der Waals surface area contributed by atoms with Gasteiger partial charge in [0.2, 0.25) is 0 Å². The molecule has 0 bridgehead atoms. The lowest BCUT2D eigenvalue weighted by Crippen LogP contribution is -2.25. The van der Waals surface area contributed by atoms with Crippen molar-refractivity contribution in [2.75, 3.05) is 26.4 Å². The van der Waals surface area contributed by atoms with Crippen LogP contribution in [0.3, 0.4) is 0 Å².